The van der Waals surface area contributed by atoms with E-state index in [1.165, 1.54) is 12.0 Å². The molecule has 0 spiro atoms. The molecule has 4 aliphatic rings. The molecule has 3 amide bonds. The van der Waals surface area contributed by atoms with Gasteiger partial charge in [-0.2, -0.15) is 5.26 Å². The largest absolute Gasteiger partial charge is 0.496 e. The normalized spacial score (nSPS) is 27.4. The maximum atomic E-state index is 15.0. The van der Waals surface area contributed by atoms with Crippen LogP contribution < -0.4 is 15.4 Å². The number of hydrogen-bond acceptors (Lipinski definition) is 5. The molecule has 0 unspecified atom stereocenters. The molecule has 3 N–H and O–H groups in total. The van der Waals surface area contributed by atoms with Crippen molar-refractivity contribution in [2.45, 2.75) is 56.2 Å². The van der Waals surface area contributed by atoms with Gasteiger partial charge in [-0.15, -0.1) is 0 Å². The molecule has 190 valence electrons. The van der Waals surface area contributed by atoms with Crippen molar-refractivity contribution in [1.82, 2.24) is 20.5 Å². The highest BCUT2D eigenvalue weighted by Crippen LogP contribution is 2.49. The Labute approximate surface area is 206 Å². The Morgan fingerprint density at radius 1 is 1.33 bits per heavy atom. The van der Waals surface area contributed by atoms with Crippen molar-refractivity contribution in [3.05, 3.63) is 30.0 Å². The molecule has 36 heavy (non-hydrogen) atoms. The molecule has 3 saturated heterocycles. The first-order valence-electron chi connectivity index (χ1n) is 12.1. The number of nitriles is 1. The maximum absolute atomic E-state index is 15.0. The van der Waals surface area contributed by atoms with Crippen LogP contribution in [0, 0.1) is 23.2 Å². The van der Waals surface area contributed by atoms with Gasteiger partial charge >= 0.3 is 0 Å². The second-order valence-corrected chi connectivity index (χ2v) is 9.77. The van der Waals surface area contributed by atoms with Gasteiger partial charge < -0.3 is 25.3 Å². The molecular weight excluding hydrogens is 472 g/mol. The number of piperidine rings is 2. The smallest absolute Gasteiger partial charge is 0.271 e. The fourth-order valence-corrected chi connectivity index (χ4v) is 5.91. The minimum absolute atomic E-state index is 0.0844. The van der Waals surface area contributed by atoms with E-state index in [-0.39, 0.29) is 24.4 Å². The quantitative estimate of drug-likeness (QED) is 0.562. The van der Waals surface area contributed by atoms with E-state index in [9.17, 15) is 28.4 Å². The number of alkyl halides is 2. The van der Waals surface area contributed by atoms with E-state index in [2.05, 4.69) is 15.6 Å². The highest BCUT2D eigenvalue weighted by molar-refractivity contribution is 6.02. The van der Waals surface area contributed by atoms with Crippen molar-refractivity contribution in [3.8, 4) is 11.8 Å². The van der Waals surface area contributed by atoms with Crippen molar-refractivity contribution in [1.29, 1.82) is 5.26 Å². The lowest BCUT2D eigenvalue weighted by atomic mass is 9.71. The van der Waals surface area contributed by atoms with Crippen molar-refractivity contribution in [2.24, 2.45) is 11.8 Å². The standard InChI is InChI=1S/C25H27F2N5O4/c1-36-20-4-2-3-18-16(20)10-19(31-18)24(35)32-15-5-6-17(25(26,27)11-15)21(32)23(34)30-14(12-28)9-13-7-8-29-22(13)33/h2-4,10,13-15,17,21,31H,5-9,11H2,1H3,(H,29,33)(H,30,34)/t13-,14+,15-,17-,21-/m1/s1. The van der Waals surface area contributed by atoms with Crippen LogP contribution in [0.4, 0.5) is 8.78 Å². The van der Waals surface area contributed by atoms with E-state index in [1.807, 2.05) is 6.07 Å². The Kier molecular flexibility index (Phi) is 6.06. The highest BCUT2D eigenvalue weighted by atomic mass is 19.3. The van der Waals surface area contributed by atoms with E-state index >= 15 is 0 Å². The first-order valence-corrected chi connectivity index (χ1v) is 12.1. The fraction of sp³-hybridized carbons (Fsp3) is 0.520. The number of aromatic nitrogens is 1. The summed E-state index contributed by atoms with van der Waals surface area (Å²) in [6, 6.07) is 5.57. The Morgan fingerprint density at radius 3 is 2.81 bits per heavy atom. The summed E-state index contributed by atoms with van der Waals surface area (Å²) in [5.74, 6) is -5.90. The zero-order valence-electron chi connectivity index (χ0n) is 19.7. The van der Waals surface area contributed by atoms with E-state index < -0.39 is 54.1 Å². The molecule has 1 saturated carbocycles. The average molecular weight is 500 g/mol. The molecule has 1 aromatic carbocycles. The number of hydrogen-bond donors (Lipinski definition) is 3. The van der Waals surface area contributed by atoms with Crippen LogP contribution in [0.3, 0.4) is 0 Å². The fourth-order valence-electron chi connectivity index (χ4n) is 5.91. The van der Waals surface area contributed by atoms with Gasteiger partial charge in [-0.3, -0.25) is 14.4 Å². The summed E-state index contributed by atoms with van der Waals surface area (Å²) in [4.78, 5) is 43.3. The second-order valence-electron chi connectivity index (χ2n) is 9.77. The molecule has 11 heteroatoms. The number of nitrogens with zero attached hydrogens (tertiary/aromatic N) is 2. The van der Waals surface area contributed by atoms with Gasteiger partial charge in [0, 0.05) is 35.8 Å². The van der Waals surface area contributed by atoms with Crippen LogP contribution in [0.2, 0.25) is 0 Å². The Morgan fingerprint density at radius 2 is 2.14 bits per heavy atom. The molecule has 2 aromatic rings. The number of amides is 3. The van der Waals surface area contributed by atoms with Crippen molar-refractivity contribution in [3.63, 3.8) is 0 Å². The van der Waals surface area contributed by atoms with Gasteiger partial charge in [-0.25, -0.2) is 8.78 Å². The van der Waals surface area contributed by atoms with Gasteiger partial charge in [0.1, 0.15) is 23.5 Å². The third kappa shape index (κ3) is 4.04. The summed E-state index contributed by atoms with van der Waals surface area (Å²) < 4.78 is 35.3. The first-order chi connectivity index (χ1) is 17.2. The number of halogens is 2. The lowest BCUT2D eigenvalue weighted by molar-refractivity contribution is -0.179. The number of fused-ring (bicyclic) bond motifs is 4. The van der Waals surface area contributed by atoms with Gasteiger partial charge in [0.25, 0.3) is 11.8 Å². The molecule has 2 bridgehead atoms. The van der Waals surface area contributed by atoms with Gasteiger partial charge in [0.05, 0.1) is 19.1 Å². The summed E-state index contributed by atoms with van der Waals surface area (Å²) >= 11 is 0. The van der Waals surface area contributed by atoms with Crippen LogP contribution in [0.1, 0.15) is 42.6 Å². The Hall–Kier alpha value is -3.68. The summed E-state index contributed by atoms with van der Waals surface area (Å²) in [7, 11) is 1.51. The number of ether oxygens (including phenoxy) is 1. The van der Waals surface area contributed by atoms with Gasteiger partial charge in [-0.05, 0) is 43.9 Å². The minimum Gasteiger partial charge on any atom is -0.496 e. The Bertz CT molecular complexity index is 1250. The molecule has 0 radical (unpaired) electrons. The first kappa shape index (κ1) is 24.0. The van der Waals surface area contributed by atoms with Crippen LogP contribution in [0.25, 0.3) is 10.9 Å². The van der Waals surface area contributed by atoms with Crippen LogP contribution in [-0.2, 0) is 9.59 Å². The zero-order chi connectivity index (χ0) is 25.6. The number of benzene rings is 1. The lowest BCUT2D eigenvalue weighted by Gasteiger charge is -2.53. The van der Waals surface area contributed by atoms with Crippen LogP contribution >= 0.6 is 0 Å². The lowest BCUT2D eigenvalue weighted by Crippen LogP contribution is -2.68. The summed E-state index contributed by atoms with van der Waals surface area (Å²) in [5, 5.41) is 15.5. The zero-order valence-corrected chi connectivity index (χ0v) is 19.7. The average Bonchev–Trinajstić information content (AvgIpc) is 3.48. The third-order valence-electron chi connectivity index (χ3n) is 7.67. The molecule has 5 atom stereocenters. The van der Waals surface area contributed by atoms with Crippen molar-refractivity contribution in [2.75, 3.05) is 13.7 Å². The topological polar surface area (TPSA) is 127 Å². The van der Waals surface area contributed by atoms with Gasteiger partial charge in [0.2, 0.25) is 11.8 Å². The van der Waals surface area contributed by atoms with Crippen LogP contribution in [0.15, 0.2) is 24.3 Å². The van der Waals surface area contributed by atoms with Gasteiger partial charge in [-0.1, -0.05) is 6.07 Å². The summed E-state index contributed by atoms with van der Waals surface area (Å²) in [5.41, 5.74) is 0.813. The minimum atomic E-state index is -3.11. The number of rotatable bonds is 6. The molecule has 9 nitrogen and oxygen atoms in total. The molecular formula is C25H27F2N5O4. The highest BCUT2D eigenvalue weighted by Gasteiger charge is 2.60. The number of H-pyrrole nitrogens is 1. The molecule has 1 aromatic heterocycles. The molecule has 1 aliphatic carbocycles. The number of methoxy groups -OCH3 is 1. The monoisotopic (exact) mass is 499 g/mol. The number of carbonyl (C=O) groups is 3. The number of nitrogens with one attached hydrogen (secondary N) is 3. The summed E-state index contributed by atoms with van der Waals surface area (Å²) in [6.45, 7) is 0.492. The SMILES string of the molecule is COc1cccc2[nH]c(C(=O)N3[C@@H]4CC[C@H]([C@@H]3C(=O)N[C@H](C#N)C[C@H]3CCNC3=O)C(F)(F)C4)cc12. The van der Waals surface area contributed by atoms with Gasteiger partial charge in [0.15, 0.2) is 0 Å². The second kappa shape index (κ2) is 9.08. The van der Waals surface area contributed by atoms with Crippen LogP contribution in [0.5, 0.6) is 5.75 Å². The molecule has 4 heterocycles. The van der Waals surface area contributed by atoms with E-state index in [0.29, 0.717) is 36.0 Å². The molecule has 3 aliphatic heterocycles. The Balaban J connectivity index is 1.43. The predicted octanol–water partition coefficient (Wildman–Crippen LogP) is 2.34. The van der Waals surface area contributed by atoms with Crippen molar-refractivity contribution >= 4 is 28.6 Å². The molecule has 4 fully saturated rings. The predicted molar refractivity (Wildman–Crippen MR) is 124 cm³/mol. The number of aromatic amines is 1. The molecule has 6 rings (SSSR count). The van der Waals surface area contributed by atoms with Crippen LogP contribution in [-0.4, -0.2) is 65.3 Å². The van der Waals surface area contributed by atoms with E-state index in [1.54, 1.807) is 24.3 Å². The van der Waals surface area contributed by atoms with E-state index in [0.717, 1.165) is 0 Å². The third-order valence-corrected chi connectivity index (χ3v) is 7.67. The summed E-state index contributed by atoms with van der Waals surface area (Å²) in [6.07, 6.45) is 0.570. The van der Waals surface area contributed by atoms with Crippen molar-refractivity contribution < 1.29 is 27.9 Å². The number of carbonyl (C=O) groups excluding carboxylic acids is 3. The maximum Gasteiger partial charge on any atom is 0.271 e. The van der Waals surface area contributed by atoms with E-state index in [4.69, 9.17) is 4.74 Å².